The van der Waals surface area contributed by atoms with Gasteiger partial charge in [0, 0.05) is 12.5 Å². The first-order chi connectivity index (χ1) is 8.92. The molecule has 0 aliphatic heterocycles. The van der Waals surface area contributed by atoms with E-state index in [1.807, 2.05) is 20.8 Å². The van der Waals surface area contributed by atoms with E-state index in [2.05, 4.69) is 5.32 Å². The van der Waals surface area contributed by atoms with Crippen LogP contribution in [0.4, 0.5) is 4.79 Å². The van der Waals surface area contributed by atoms with Crippen molar-refractivity contribution in [1.29, 1.82) is 0 Å². The van der Waals surface area contributed by atoms with Crippen LogP contribution in [0.3, 0.4) is 0 Å². The van der Waals surface area contributed by atoms with Gasteiger partial charge >= 0.3 is 6.09 Å². The van der Waals surface area contributed by atoms with Crippen LogP contribution in [-0.2, 0) is 9.53 Å². The summed E-state index contributed by atoms with van der Waals surface area (Å²) in [5, 5.41) is 2.88. The molecule has 0 saturated heterocycles. The molecule has 1 aliphatic rings. The van der Waals surface area contributed by atoms with Crippen molar-refractivity contribution in [2.45, 2.75) is 77.4 Å². The average molecular weight is 269 g/mol. The standard InChI is InChI=1S/C15H27NO3/c1-15(2,3)19-14(18)16-13(10-11-17)12-8-6-4-5-7-9-12/h11-13H,4-10H2,1-3H3,(H,16,18). The summed E-state index contributed by atoms with van der Waals surface area (Å²) in [7, 11) is 0. The average Bonchev–Trinajstić information content (AvgIpc) is 2.54. The molecular formula is C15H27NO3. The van der Waals surface area contributed by atoms with Gasteiger partial charge in [0.15, 0.2) is 0 Å². The Hall–Kier alpha value is -1.06. The molecule has 1 unspecified atom stereocenters. The smallest absolute Gasteiger partial charge is 0.407 e. The molecule has 1 aliphatic carbocycles. The molecule has 1 N–H and O–H groups in total. The molecule has 1 saturated carbocycles. The summed E-state index contributed by atoms with van der Waals surface area (Å²) in [5.41, 5.74) is -0.501. The number of aldehydes is 1. The maximum Gasteiger partial charge on any atom is 0.407 e. The Morgan fingerprint density at radius 3 is 2.32 bits per heavy atom. The molecule has 4 nitrogen and oxygen atoms in total. The first-order valence-corrected chi connectivity index (χ1v) is 7.35. The van der Waals surface area contributed by atoms with Crippen molar-refractivity contribution in [3.05, 3.63) is 0 Å². The lowest BCUT2D eigenvalue weighted by molar-refractivity contribution is -0.108. The number of carbonyl (C=O) groups excluding carboxylic acids is 2. The SMILES string of the molecule is CC(C)(C)OC(=O)NC(CC=O)C1CCCCCC1. The van der Waals surface area contributed by atoms with Gasteiger partial charge in [0.2, 0.25) is 0 Å². The van der Waals surface area contributed by atoms with Crippen molar-refractivity contribution in [1.82, 2.24) is 5.32 Å². The molecule has 1 amide bonds. The van der Waals surface area contributed by atoms with Crippen molar-refractivity contribution in [3.63, 3.8) is 0 Å². The van der Waals surface area contributed by atoms with E-state index >= 15 is 0 Å². The number of hydrogen-bond donors (Lipinski definition) is 1. The minimum atomic E-state index is -0.501. The van der Waals surface area contributed by atoms with E-state index in [1.165, 1.54) is 25.7 Å². The third-order valence-electron chi connectivity index (χ3n) is 3.52. The van der Waals surface area contributed by atoms with Gasteiger partial charge in [0.05, 0.1) is 0 Å². The van der Waals surface area contributed by atoms with Crippen LogP contribution in [0.5, 0.6) is 0 Å². The van der Waals surface area contributed by atoms with E-state index in [0.717, 1.165) is 19.1 Å². The molecule has 0 aromatic heterocycles. The first kappa shape index (κ1) is 16.0. The van der Waals surface area contributed by atoms with Crippen LogP contribution in [0.15, 0.2) is 0 Å². The van der Waals surface area contributed by atoms with E-state index in [4.69, 9.17) is 4.74 Å². The Morgan fingerprint density at radius 1 is 1.26 bits per heavy atom. The number of rotatable bonds is 4. The molecule has 110 valence electrons. The van der Waals surface area contributed by atoms with Crippen LogP contribution < -0.4 is 5.32 Å². The van der Waals surface area contributed by atoms with Crippen LogP contribution >= 0.6 is 0 Å². The van der Waals surface area contributed by atoms with Crippen molar-refractivity contribution in [3.8, 4) is 0 Å². The highest BCUT2D eigenvalue weighted by atomic mass is 16.6. The lowest BCUT2D eigenvalue weighted by Gasteiger charge is -2.27. The summed E-state index contributed by atoms with van der Waals surface area (Å²) >= 11 is 0. The largest absolute Gasteiger partial charge is 0.444 e. The molecule has 1 rings (SSSR count). The van der Waals surface area contributed by atoms with E-state index in [-0.39, 0.29) is 6.04 Å². The predicted molar refractivity (Wildman–Crippen MR) is 75.0 cm³/mol. The molecule has 0 heterocycles. The maximum absolute atomic E-state index is 11.8. The van der Waals surface area contributed by atoms with E-state index < -0.39 is 11.7 Å². The van der Waals surface area contributed by atoms with Gasteiger partial charge in [0.1, 0.15) is 11.9 Å². The Morgan fingerprint density at radius 2 is 1.84 bits per heavy atom. The minimum Gasteiger partial charge on any atom is -0.444 e. The van der Waals surface area contributed by atoms with Crippen molar-refractivity contribution in [2.75, 3.05) is 0 Å². The normalized spacial score (nSPS) is 19.3. The second-order valence-corrected chi connectivity index (χ2v) is 6.41. The summed E-state index contributed by atoms with van der Waals surface area (Å²) in [6.07, 6.45) is 7.95. The molecule has 0 aromatic rings. The molecular weight excluding hydrogens is 242 g/mol. The van der Waals surface area contributed by atoms with Crippen LogP contribution in [0.1, 0.15) is 65.7 Å². The van der Waals surface area contributed by atoms with Crippen LogP contribution in [0, 0.1) is 5.92 Å². The Balaban J connectivity index is 2.55. The van der Waals surface area contributed by atoms with Gasteiger partial charge in [-0.2, -0.15) is 0 Å². The molecule has 4 heteroatoms. The third-order valence-corrected chi connectivity index (χ3v) is 3.52. The van der Waals surface area contributed by atoms with Gasteiger partial charge in [-0.15, -0.1) is 0 Å². The fourth-order valence-corrected chi connectivity index (χ4v) is 2.65. The third kappa shape index (κ3) is 6.60. The van der Waals surface area contributed by atoms with Crippen LogP contribution in [0.2, 0.25) is 0 Å². The Kier molecular flexibility index (Phi) is 6.32. The lowest BCUT2D eigenvalue weighted by atomic mass is 9.90. The highest BCUT2D eigenvalue weighted by molar-refractivity contribution is 5.68. The highest BCUT2D eigenvalue weighted by Gasteiger charge is 2.26. The van der Waals surface area contributed by atoms with Crippen LogP contribution in [-0.4, -0.2) is 24.0 Å². The second kappa shape index (κ2) is 7.51. The zero-order chi connectivity index (χ0) is 14.3. The summed E-state index contributed by atoms with van der Waals surface area (Å²) in [6.45, 7) is 5.52. The van der Waals surface area contributed by atoms with Gasteiger partial charge in [-0.1, -0.05) is 25.7 Å². The zero-order valence-electron chi connectivity index (χ0n) is 12.4. The Bertz CT molecular complexity index is 288. The van der Waals surface area contributed by atoms with Crippen molar-refractivity contribution in [2.24, 2.45) is 5.92 Å². The van der Waals surface area contributed by atoms with Gasteiger partial charge in [-0.25, -0.2) is 4.79 Å². The molecule has 19 heavy (non-hydrogen) atoms. The van der Waals surface area contributed by atoms with E-state index in [1.54, 1.807) is 0 Å². The van der Waals surface area contributed by atoms with Crippen LogP contribution in [0.25, 0.3) is 0 Å². The minimum absolute atomic E-state index is 0.0783. The zero-order valence-corrected chi connectivity index (χ0v) is 12.4. The van der Waals surface area contributed by atoms with Gasteiger partial charge in [0.25, 0.3) is 0 Å². The number of carbonyl (C=O) groups is 2. The monoisotopic (exact) mass is 269 g/mol. The Labute approximate surface area is 116 Å². The van der Waals surface area contributed by atoms with Crippen molar-refractivity contribution >= 4 is 12.4 Å². The predicted octanol–water partition coefficient (Wildman–Crippen LogP) is 3.44. The lowest BCUT2D eigenvalue weighted by Crippen LogP contribution is -2.43. The quantitative estimate of drug-likeness (QED) is 0.628. The number of ether oxygens (including phenoxy) is 1. The summed E-state index contributed by atoms with van der Waals surface area (Å²) in [4.78, 5) is 22.6. The number of hydrogen-bond acceptors (Lipinski definition) is 3. The second-order valence-electron chi connectivity index (χ2n) is 6.41. The highest BCUT2D eigenvalue weighted by Crippen LogP contribution is 2.26. The van der Waals surface area contributed by atoms with Gasteiger partial charge < -0.3 is 14.8 Å². The molecule has 0 radical (unpaired) electrons. The van der Waals surface area contributed by atoms with E-state index in [9.17, 15) is 9.59 Å². The molecule has 0 spiro atoms. The topological polar surface area (TPSA) is 55.4 Å². The molecule has 0 bridgehead atoms. The summed E-state index contributed by atoms with van der Waals surface area (Å²) < 4.78 is 5.27. The number of amides is 1. The number of alkyl carbamates (subject to hydrolysis) is 1. The molecule has 0 aromatic carbocycles. The molecule has 1 atom stereocenters. The first-order valence-electron chi connectivity index (χ1n) is 7.35. The fourth-order valence-electron chi connectivity index (χ4n) is 2.65. The molecule has 1 fully saturated rings. The van der Waals surface area contributed by atoms with Gasteiger partial charge in [-0.3, -0.25) is 0 Å². The summed E-state index contributed by atoms with van der Waals surface area (Å²) in [5.74, 6) is 0.403. The maximum atomic E-state index is 11.8. The summed E-state index contributed by atoms with van der Waals surface area (Å²) in [6, 6.07) is -0.0783. The van der Waals surface area contributed by atoms with Gasteiger partial charge in [-0.05, 0) is 39.5 Å². The van der Waals surface area contributed by atoms with Crippen molar-refractivity contribution < 1.29 is 14.3 Å². The fraction of sp³-hybridized carbons (Fsp3) is 0.867. The van der Waals surface area contributed by atoms with E-state index in [0.29, 0.717) is 12.3 Å². The number of nitrogens with one attached hydrogen (secondary N) is 1.